The van der Waals surface area contributed by atoms with Crippen molar-refractivity contribution >= 4 is 34.6 Å². The molecule has 0 radical (unpaired) electrons. The third-order valence-corrected chi connectivity index (χ3v) is 6.36. The van der Waals surface area contributed by atoms with Crippen molar-refractivity contribution < 1.29 is 18.4 Å². The number of nitrogens with two attached hydrogens (primary N) is 1. The number of fused-ring (bicyclic) bond motifs is 1. The van der Waals surface area contributed by atoms with Crippen molar-refractivity contribution in [1.29, 1.82) is 0 Å². The van der Waals surface area contributed by atoms with Crippen molar-refractivity contribution in [2.45, 2.75) is 6.92 Å². The van der Waals surface area contributed by atoms with Crippen molar-refractivity contribution in [2.75, 3.05) is 36.4 Å². The molecule has 1 saturated heterocycles. The summed E-state index contributed by atoms with van der Waals surface area (Å²) in [6.45, 7) is 3.34. The van der Waals surface area contributed by atoms with Crippen molar-refractivity contribution in [1.82, 2.24) is 19.4 Å². The van der Waals surface area contributed by atoms with E-state index in [0.717, 1.165) is 12.1 Å². The van der Waals surface area contributed by atoms with Gasteiger partial charge in [-0.25, -0.2) is 18.6 Å². The largest absolute Gasteiger partial charge is 0.366 e. The van der Waals surface area contributed by atoms with Crippen molar-refractivity contribution in [2.24, 2.45) is 5.73 Å². The van der Waals surface area contributed by atoms with Crippen LogP contribution >= 0.6 is 0 Å². The molecule has 38 heavy (non-hydrogen) atoms. The first kappa shape index (κ1) is 24.8. The van der Waals surface area contributed by atoms with Gasteiger partial charge in [0.1, 0.15) is 0 Å². The second kappa shape index (κ2) is 9.88. The highest BCUT2D eigenvalue weighted by Gasteiger charge is 2.24. The summed E-state index contributed by atoms with van der Waals surface area (Å²) in [7, 11) is 0. The first-order chi connectivity index (χ1) is 18.2. The molecule has 3 amide bonds. The Morgan fingerprint density at radius 1 is 0.921 bits per heavy atom. The summed E-state index contributed by atoms with van der Waals surface area (Å²) in [4.78, 5) is 49.7. The van der Waals surface area contributed by atoms with Crippen LogP contribution in [0.15, 0.2) is 59.4 Å². The summed E-state index contributed by atoms with van der Waals surface area (Å²) in [5.41, 5.74) is 7.11. The predicted molar refractivity (Wildman–Crippen MR) is 138 cm³/mol. The van der Waals surface area contributed by atoms with Gasteiger partial charge in [0, 0.05) is 54.9 Å². The highest BCUT2D eigenvalue weighted by Crippen LogP contribution is 2.22. The van der Waals surface area contributed by atoms with Crippen molar-refractivity contribution in [3.63, 3.8) is 0 Å². The number of anilines is 2. The Morgan fingerprint density at radius 3 is 2.29 bits per heavy atom. The molecule has 2 aromatic carbocycles. The monoisotopic (exact) mass is 519 g/mol. The molecule has 1 aliphatic heterocycles. The molecule has 4 aromatic rings. The minimum absolute atomic E-state index is 0.159. The number of hydrogen-bond acceptors (Lipinski definition) is 6. The number of amides is 3. The van der Waals surface area contributed by atoms with Crippen LogP contribution in [0.3, 0.4) is 0 Å². The second-order valence-electron chi connectivity index (χ2n) is 8.80. The predicted octanol–water partition coefficient (Wildman–Crippen LogP) is 2.82. The molecule has 10 nitrogen and oxygen atoms in total. The second-order valence-corrected chi connectivity index (χ2v) is 8.80. The van der Waals surface area contributed by atoms with Gasteiger partial charge in [0.15, 0.2) is 17.3 Å². The van der Waals surface area contributed by atoms with Crippen LogP contribution in [-0.4, -0.2) is 57.6 Å². The van der Waals surface area contributed by atoms with Crippen molar-refractivity contribution in [3.8, 4) is 5.69 Å². The quantitative estimate of drug-likeness (QED) is 0.427. The van der Waals surface area contributed by atoms with Gasteiger partial charge in [-0.05, 0) is 49.4 Å². The number of aromatic nitrogens is 3. The lowest BCUT2D eigenvalue weighted by molar-refractivity contribution is 0.1000. The minimum atomic E-state index is -1.04. The lowest BCUT2D eigenvalue weighted by Crippen LogP contribution is -2.50. The van der Waals surface area contributed by atoms with Gasteiger partial charge in [-0.15, -0.1) is 0 Å². The van der Waals surface area contributed by atoms with E-state index in [2.05, 4.69) is 10.3 Å². The summed E-state index contributed by atoms with van der Waals surface area (Å²) >= 11 is 0. The van der Waals surface area contributed by atoms with Crippen LogP contribution in [0.5, 0.6) is 0 Å². The third kappa shape index (κ3) is 4.75. The highest BCUT2D eigenvalue weighted by molar-refractivity contribution is 5.93. The molecule has 0 unspecified atom stereocenters. The van der Waals surface area contributed by atoms with Gasteiger partial charge in [0.25, 0.3) is 5.56 Å². The molecule has 3 heterocycles. The topological polar surface area (TPSA) is 126 Å². The first-order valence-corrected chi connectivity index (χ1v) is 11.8. The first-order valence-electron chi connectivity index (χ1n) is 11.8. The fourth-order valence-electron chi connectivity index (χ4n) is 4.30. The van der Waals surface area contributed by atoms with Crippen LogP contribution < -0.4 is 21.5 Å². The molecule has 12 heteroatoms. The lowest BCUT2D eigenvalue weighted by atomic mass is 10.2. The standard InChI is InChI=1S/C26H23F2N7O3/c1-15-19-7-9-22(36)35(18-5-2-16(3-6-18)23(29)37)24(19)32-25(30-15)33-10-12-34(13-11-33)26(38)31-17-4-8-20(27)21(28)14-17/h2-9,14H,10-13H2,1H3,(H2,29,37)(H,31,38). The van der Waals surface area contributed by atoms with Gasteiger partial charge >= 0.3 is 6.03 Å². The van der Waals surface area contributed by atoms with Crippen molar-refractivity contribution in [3.05, 3.63) is 87.8 Å². The zero-order valence-corrected chi connectivity index (χ0v) is 20.3. The molecule has 0 aliphatic carbocycles. The van der Waals surface area contributed by atoms with Gasteiger partial charge in [0.05, 0.1) is 11.4 Å². The van der Waals surface area contributed by atoms with Crippen LogP contribution in [0, 0.1) is 18.6 Å². The number of piperazine rings is 1. The average Bonchev–Trinajstić information content (AvgIpc) is 2.90. The zero-order chi connectivity index (χ0) is 27.0. The summed E-state index contributed by atoms with van der Waals surface area (Å²) in [5, 5.41) is 3.27. The normalized spacial score (nSPS) is 13.6. The number of hydrogen-bond donors (Lipinski definition) is 2. The van der Waals surface area contributed by atoms with E-state index in [4.69, 9.17) is 10.7 Å². The molecule has 0 atom stereocenters. The molecule has 5 rings (SSSR count). The van der Waals surface area contributed by atoms with Crippen LogP contribution in [-0.2, 0) is 0 Å². The number of halogens is 2. The average molecular weight is 520 g/mol. The Morgan fingerprint density at radius 2 is 1.63 bits per heavy atom. The number of aryl methyl sites for hydroxylation is 1. The fourth-order valence-corrected chi connectivity index (χ4v) is 4.30. The van der Waals surface area contributed by atoms with E-state index in [0.29, 0.717) is 60.1 Å². The third-order valence-electron chi connectivity index (χ3n) is 6.36. The van der Waals surface area contributed by atoms with Crippen LogP contribution in [0.25, 0.3) is 16.7 Å². The van der Waals surface area contributed by atoms with E-state index in [9.17, 15) is 23.2 Å². The number of carbonyl (C=O) groups is 2. The maximum atomic E-state index is 13.5. The molecule has 0 saturated carbocycles. The molecule has 2 aromatic heterocycles. The minimum Gasteiger partial charge on any atom is -0.366 e. The van der Waals surface area contributed by atoms with E-state index < -0.39 is 23.6 Å². The summed E-state index contributed by atoms with van der Waals surface area (Å²) in [6.07, 6.45) is 0. The molecule has 1 aliphatic rings. The number of nitrogens with zero attached hydrogens (tertiary/aromatic N) is 5. The zero-order valence-electron chi connectivity index (χ0n) is 20.3. The van der Waals surface area contributed by atoms with Gasteiger partial charge in [-0.1, -0.05) is 0 Å². The van der Waals surface area contributed by atoms with E-state index in [-0.39, 0.29) is 11.2 Å². The fraction of sp³-hybridized carbons (Fsp3) is 0.192. The Balaban J connectivity index is 1.38. The smallest absolute Gasteiger partial charge is 0.321 e. The molecule has 194 valence electrons. The highest BCUT2D eigenvalue weighted by atomic mass is 19.2. The van der Waals surface area contributed by atoms with Gasteiger partial charge in [0.2, 0.25) is 11.9 Å². The Kier molecular flexibility index (Phi) is 6.45. The van der Waals surface area contributed by atoms with Crippen LogP contribution in [0.1, 0.15) is 16.1 Å². The molecule has 0 bridgehead atoms. The maximum absolute atomic E-state index is 13.5. The number of primary amides is 1. The van der Waals surface area contributed by atoms with E-state index in [1.165, 1.54) is 16.7 Å². The summed E-state index contributed by atoms with van der Waals surface area (Å²) in [5.74, 6) is -2.20. The summed E-state index contributed by atoms with van der Waals surface area (Å²) < 4.78 is 28.1. The molecule has 1 fully saturated rings. The van der Waals surface area contributed by atoms with Gasteiger partial charge in [-0.3, -0.25) is 14.2 Å². The number of benzene rings is 2. The number of carbonyl (C=O) groups excluding carboxylic acids is 2. The number of nitrogens with one attached hydrogen (secondary N) is 1. The SMILES string of the molecule is Cc1nc(N2CCN(C(=O)Nc3ccc(F)c(F)c3)CC2)nc2c1ccc(=O)n2-c1ccc(C(N)=O)cc1. The van der Waals surface area contributed by atoms with E-state index >= 15 is 0 Å². The molecular weight excluding hydrogens is 496 g/mol. The van der Waals surface area contributed by atoms with E-state index in [1.54, 1.807) is 35.2 Å². The number of pyridine rings is 1. The Bertz CT molecular complexity index is 1610. The molecule has 3 N–H and O–H groups in total. The van der Waals surface area contributed by atoms with Gasteiger partial charge < -0.3 is 20.9 Å². The Hall–Kier alpha value is -4.87. The molecular formula is C26H23F2N7O3. The number of rotatable bonds is 4. The van der Waals surface area contributed by atoms with Gasteiger partial charge in [-0.2, -0.15) is 4.98 Å². The lowest BCUT2D eigenvalue weighted by Gasteiger charge is -2.34. The van der Waals surface area contributed by atoms with Crippen LogP contribution in [0.4, 0.5) is 25.2 Å². The summed E-state index contributed by atoms with van der Waals surface area (Å²) in [6, 6.07) is 12.2. The Labute approximate surface area is 215 Å². The number of urea groups is 1. The molecule has 0 spiro atoms. The van der Waals surface area contributed by atoms with E-state index in [1.807, 2.05) is 11.8 Å². The maximum Gasteiger partial charge on any atom is 0.321 e. The van der Waals surface area contributed by atoms with Crippen LogP contribution in [0.2, 0.25) is 0 Å².